The molecule has 0 amide bonds. The third-order valence-electron chi connectivity index (χ3n) is 2.81. The van der Waals surface area contributed by atoms with Crippen LogP contribution in [-0.4, -0.2) is 20.3 Å². The van der Waals surface area contributed by atoms with Gasteiger partial charge in [-0.25, -0.2) is 0 Å². The molecule has 0 bridgehead atoms. The summed E-state index contributed by atoms with van der Waals surface area (Å²) in [6.07, 6.45) is 3.54. The lowest BCUT2D eigenvalue weighted by Gasteiger charge is -2.24. The summed E-state index contributed by atoms with van der Waals surface area (Å²) in [4.78, 5) is 0. The molecule has 2 nitrogen and oxygen atoms in total. The summed E-state index contributed by atoms with van der Waals surface area (Å²) in [5, 5.41) is 6.99. The molecule has 1 rings (SSSR count). The molecule has 1 aliphatic rings. The third kappa shape index (κ3) is 3.87. The van der Waals surface area contributed by atoms with Crippen LogP contribution < -0.4 is 5.32 Å². The second-order valence-corrected chi connectivity index (χ2v) is 5.27. The van der Waals surface area contributed by atoms with E-state index in [2.05, 4.69) is 37.6 Å². The fourth-order valence-electron chi connectivity index (χ4n) is 1.83. The van der Waals surface area contributed by atoms with Gasteiger partial charge in [-0.2, -0.15) is 0 Å². The zero-order chi connectivity index (χ0) is 12.0. The Morgan fingerprint density at radius 3 is 2.81 bits per heavy atom. The summed E-state index contributed by atoms with van der Waals surface area (Å²) in [6.45, 7) is 8.44. The quantitative estimate of drug-likeness (QED) is 0.720. The van der Waals surface area contributed by atoms with Crippen LogP contribution >= 0.6 is 11.8 Å². The lowest BCUT2D eigenvalue weighted by Crippen LogP contribution is -2.20. The van der Waals surface area contributed by atoms with Gasteiger partial charge in [-0.1, -0.05) is 38.1 Å². The number of rotatable bonds is 6. The molecule has 3 heteroatoms. The van der Waals surface area contributed by atoms with Gasteiger partial charge in [0.25, 0.3) is 0 Å². The van der Waals surface area contributed by atoms with Gasteiger partial charge in [0.1, 0.15) is 0 Å². The minimum atomic E-state index is 0.603. The minimum absolute atomic E-state index is 0.603. The fraction of sp³-hybridized carbons (Fsp3) is 0.692. The average molecular weight is 241 g/mol. The minimum Gasteiger partial charge on any atom is -0.383 e. The number of hydrogen-bond donors (Lipinski definition) is 1. The Morgan fingerprint density at radius 1 is 1.50 bits per heavy atom. The van der Waals surface area contributed by atoms with Crippen LogP contribution in [0.2, 0.25) is 0 Å². The fourth-order valence-corrected chi connectivity index (χ4v) is 2.97. The average Bonchev–Trinajstić information content (AvgIpc) is 2.29. The van der Waals surface area contributed by atoms with Crippen LogP contribution in [0.5, 0.6) is 0 Å². The van der Waals surface area contributed by atoms with Gasteiger partial charge in [-0.15, -0.1) is 0 Å². The highest BCUT2D eigenvalue weighted by Gasteiger charge is 2.18. The molecule has 1 aliphatic heterocycles. The van der Waals surface area contributed by atoms with Crippen molar-refractivity contribution in [3.63, 3.8) is 0 Å². The Balaban J connectivity index is 2.53. The number of methoxy groups -OCH3 is 1. The molecule has 0 saturated heterocycles. The summed E-state index contributed by atoms with van der Waals surface area (Å²) in [6, 6.07) is 0. The van der Waals surface area contributed by atoms with Gasteiger partial charge in [0.05, 0.1) is 11.6 Å². The first kappa shape index (κ1) is 13.7. The molecular formula is C13H23NOS. The van der Waals surface area contributed by atoms with Gasteiger partial charge in [-0.3, -0.25) is 0 Å². The topological polar surface area (TPSA) is 21.3 Å². The van der Waals surface area contributed by atoms with Crippen LogP contribution in [0.1, 0.15) is 27.2 Å². The van der Waals surface area contributed by atoms with Crippen molar-refractivity contribution >= 4 is 11.8 Å². The van der Waals surface area contributed by atoms with Crippen molar-refractivity contribution in [1.29, 1.82) is 0 Å². The van der Waals surface area contributed by atoms with E-state index < -0.39 is 0 Å². The lowest BCUT2D eigenvalue weighted by atomic mass is 9.89. The van der Waals surface area contributed by atoms with Crippen molar-refractivity contribution in [2.45, 2.75) is 27.2 Å². The molecule has 0 radical (unpaired) electrons. The molecule has 1 N–H and O–H groups in total. The summed E-state index contributed by atoms with van der Waals surface area (Å²) >= 11 is 1.80. The van der Waals surface area contributed by atoms with Gasteiger partial charge in [0.15, 0.2) is 0 Å². The Labute approximate surface area is 104 Å². The number of hydrogen-bond acceptors (Lipinski definition) is 3. The first-order valence-electron chi connectivity index (χ1n) is 6.00. The van der Waals surface area contributed by atoms with Crippen LogP contribution in [0, 0.1) is 11.8 Å². The Morgan fingerprint density at radius 2 is 2.25 bits per heavy atom. The molecule has 0 aromatic carbocycles. The molecule has 1 atom stereocenters. The van der Waals surface area contributed by atoms with Crippen LogP contribution in [0.3, 0.4) is 0 Å². The number of ether oxygens (including phenoxy) is 1. The normalized spacial score (nSPS) is 20.7. The zero-order valence-corrected chi connectivity index (χ0v) is 11.6. The van der Waals surface area contributed by atoms with Crippen molar-refractivity contribution in [3.05, 3.63) is 22.1 Å². The molecule has 0 fully saturated rings. The van der Waals surface area contributed by atoms with Crippen molar-refractivity contribution in [1.82, 2.24) is 5.32 Å². The highest BCUT2D eigenvalue weighted by molar-refractivity contribution is 8.05. The number of allylic oxidation sites excluding steroid dienone is 2. The van der Waals surface area contributed by atoms with E-state index in [-0.39, 0.29) is 0 Å². The second-order valence-electron chi connectivity index (χ2n) is 4.36. The van der Waals surface area contributed by atoms with E-state index in [1.54, 1.807) is 24.4 Å². The van der Waals surface area contributed by atoms with Gasteiger partial charge < -0.3 is 10.1 Å². The molecule has 1 heterocycles. The molecule has 92 valence electrons. The van der Waals surface area contributed by atoms with Crippen LogP contribution in [0.25, 0.3) is 0 Å². The molecular weight excluding hydrogens is 218 g/mol. The largest absolute Gasteiger partial charge is 0.383 e. The van der Waals surface area contributed by atoms with Crippen LogP contribution in [0.15, 0.2) is 22.1 Å². The molecule has 0 aromatic rings. The maximum absolute atomic E-state index is 5.03. The van der Waals surface area contributed by atoms with Gasteiger partial charge >= 0.3 is 0 Å². The Kier molecular flexibility index (Phi) is 5.99. The summed E-state index contributed by atoms with van der Waals surface area (Å²) in [7, 11) is 1.73. The molecule has 16 heavy (non-hydrogen) atoms. The first-order chi connectivity index (χ1) is 7.69. The Hall–Kier alpha value is -0.410. The van der Waals surface area contributed by atoms with Crippen LogP contribution in [0.4, 0.5) is 0 Å². The predicted octanol–water partition coefficient (Wildman–Crippen LogP) is 3.38. The smallest absolute Gasteiger partial charge is 0.0690 e. The SMILES string of the molecule is CCC1C=C(NCCOC)SC=C1C(C)C. The monoisotopic (exact) mass is 241 g/mol. The van der Waals surface area contributed by atoms with Gasteiger partial charge in [0, 0.05) is 19.6 Å². The van der Waals surface area contributed by atoms with Gasteiger partial charge in [-0.05, 0) is 23.8 Å². The van der Waals surface area contributed by atoms with E-state index in [9.17, 15) is 0 Å². The molecule has 1 unspecified atom stereocenters. The van der Waals surface area contributed by atoms with Gasteiger partial charge in [0.2, 0.25) is 0 Å². The van der Waals surface area contributed by atoms with Crippen molar-refractivity contribution in [2.24, 2.45) is 11.8 Å². The lowest BCUT2D eigenvalue weighted by molar-refractivity contribution is 0.202. The van der Waals surface area contributed by atoms with Crippen molar-refractivity contribution in [2.75, 3.05) is 20.3 Å². The van der Waals surface area contributed by atoms with E-state index in [4.69, 9.17) is 4.74 Å². The summed E-state index contributed by atoms with van der Waals surface area (Å²) in [5.41, 5.74) is 1.56. The van der Waals surface area contributed by atoms with E-state index in [1.165, 1.54) is 11.4 Å². The highest BCUT2D eigenvalue weighted by Crippen LogP contribution is 2.34. The molecule has 0 saturated carbocycles. The van der Waals surface area contributed by atoms with Crippen LogP contribution in [-0.2, 0) is 4.74 Å². The maximum Gasteiger partial charge on any atom is 0.0690 e. The molecule has 0 aliphatic carbocycles. The van der Waals surface area contributed by atoms with E-state index >= 15 is 0 Å². The third-order valence-corrected chi connectivity index (χ3v) is 3.74. The molecule has 0 spiro atoms. The second kappa shape index (κ2) is 7.02. The van der Waals surface area contributed by atoms with Crippen molar-refractivity contribution in [3.8, 4) is 0 Å². The van der Waals surface area contributed by atoms with E-state index in [0.717, 1.165) is 13.2 Å². The van der Waals surface area contributed by atoms with E-state index in [1.807, 2.05) is 0 Å². The van der Waals surface area contributed by atoms with Crippen molar-refractivity contribution < 1.29 is 4.74 Å². The number of nitrogens with one attached hydrogen (secondary N) is 1. The zero-order valence-electron chi connectivity index (χ0n) is 10.7. The highest BCUT2D eigenvalue weighted by atomic mass is 32.2. The number of thioether (sulfide) groups is 1. The summed E-state index contributed by atoms with van der Waals surface area (Å²) < 4.78 is 5.03. The van der Waals surface area contributed by atoms with E-state index in [0.29, 0.717) is 11.8 Å². The Bertz CT molecular complexity index is 271. The standard InChI is InChI=1S/C13H23NOS/c1-5-11-8-13(14-6-7-15-4)16-9-12(11)10(2)3/h8-11,14H,5-7H2,1-4H3. The molecule has 0 aromatic heterocycles. The maximum atomic E-state index is 5.03. The first-order valence-corrected chi connectivity index (χ1v) is 6.88. The predicted molar refractivity (Wildman–Crippen MR) is 72.3 cm³/mol. The summed E-state index contributed by atoms with van der Waals surface area (Å²) in [5.74, 6) is 1.25.